The Labute approximate surface area is 106 Å². The second kappa shape index (κ2) is 4.79. The molecule has 0 saturated carbocycles. The lowest BCUT2D eigenvalue weighted by Crippen LogP contribution is -2.27. The van der Waals surface area contributed by atoms with Crippen molar-refractivity contribution >= 4 is 15.9 Å². The van der Waals surface area contributed by atoms with Crippen LogP contribution in [0.25, 0.3) is 0 Å². The Morgan fingerprint density at radius 2 is 2.19 bits per heavy atom. The number of hydrogen-bond acceptors (Lipinski definition) is 1. The van der Waals surface area contributed by atoms with Crippen LogP contribution in [0.4, 0.5) is 0 Å². The molecule has 0 aliphatic carbocycles. The zero-order valence-corrected chi connectivity index (χ0v) is 11.6. The smallest absolute Gasteiger partial charge is 0.123 e. The van der Waals surface area contributed by atoms with E-state index in [1.54, 1.807) is 0 Å². The van der Waals surface area contributed by atoms with Crippen LogP contribution >= 0.6 is 15.9 Å². The average molecular weight is 283 g/mol. The summed E-state index contributed by atoms with van der Waals surface area (Å²) in [6.45, 7) is 4.58. The monoisotopic (exact) mass is 282 g/mol. The van der Waals surface area contributed by atoms with Crippen molar-refractivity contribution in [3.8, 4) is 5.75 Å². The van der Waals surface area contributed by atoms with Crippen LogP contribution in [0.3, 0.4) is 0 Å². The highest BCUT2D eigenvalue weighted by atomic mass is 79.9. The highest BCUT2D eigenvalue weighted by Gasteiger charge is 2.30. The normalized spacial score (nSPS) is 22.3. The number of fused-ring (bicyclic) bond motifs is 1. The second-order valence-corrected chi connectivity index (χ2v) is 5.61. The zero-order valence-electron chi connectivity index (χ0n) is 10.0. The minimum atomic E-state index is 0.354. The van der Waals surface area contributed by atoms with Gasteiger partial charge in [0.2, 0.25) is 0 Å². The van der Waals surface area contributed by atoms with Crippen molar-refractivity contribution in [3.63, 3.8) is 0 Å². The molecule has 2 heteroatoms. The Bertz CT molecular complexity index is 333. The maximum absolute atomic E-state index is 5.99. The van der Waals surface area contributed by atoms with Gasteiger partial charge in [0.1, 0.15) is 11.9 Å². The predicted molar refractivity (Wildman–Crippen MR) is 71.4 cm³/mol. The predicted octanol–water partition coefficient (Wildman–Crippen LogP) is 4.19. The molecular weight excluding hydrogens is 264 g/mol. The highest BCUT2D eigenvalue weighted by molar-refractivity contribution is 9.09. The number of rotatable bonds is 4. The van der Waals surface area contributed by atoms with E-state index in [0.717, 1.165) is 23.9 Å². The fourth-order valence-corrected chi connectivity index (χ4v) is 2.84. The van der Waals surface area contributed by atoms with E-state index in [0.29, 0.717) is 11.5 Å². The van der Waals surface area contributed by atoms with E-state index in [-0.39, 0.29) is 0 Å². The van der Waals surface area contributed by atoms with Gasteiger partial charge < -0.3 is 4.74 Å². The van der Waals surface area contributed by atoms with Crippen molar-refractivity contribution in [1.29, 1.82) is 0 Å². The molecule has 0 aromatic heterocycles. The van der Waals surface area contributed by atoms with Gasteiger partial charge in [0.05, 0.1) is 0 Å². The Morgan fingerprint density at radius 3 is 2.81 bits per heavy atom. The lowest BCUT2D eigenvalue weighted by molar-refractivity contribution is 0.157. The van der Waals surface area contributed by atoms with Crippen LogP contribution in [0.15, 0.2) is 24.3 Å². The first kappa shape index (κ1) is 12.0. The lowest BCUT2D eigenvalue weighted by Gasteiger charge is -2.28. The van der Waals surface area contributed by atoms with Crippen LogP contribution in [0.5, 0.6) is 5.75 Å². The molecule has 0 radical (unpaired) electrons. The van der Waals surface area contributed by atoms with Crippen LogP contribution in [0.1, 0.15) is 32.3 Å². The van der Waals surface area contributed by atoms with E-state index < -0.39 is 0 Å². The standard InChI is InChI=1S/C14H19BrO/c1-3-14(2,10-15)9-12-8-11-6-4-5-7-13(11)16-12/h4-7,12H,3,8-10H2,1-2H3. The van der Waals surface area contributed by atoms with Crippen molar-refractivity contribution in [2.45, 2.75) is 39.2 Å². The van der Waals surface area contributed by atoms with Gasteiger partial charge in [0.15, 0.2) is 0 Å². The van der Waals surface area contributed by atoms with E-state index in [9.17, 15) is 0 Å². The largest absolute Gasteiger partial charge is 0.490 e. The Kier molecular flexibility index (Phi) is 3.58. The molecule has 16 heavy (non-hydrogen) atoms. The molecule has 1 aliphatic rings. The summed E-state index contributed by atoms with van der Waals surface area (Å²) in [7, 11) is 0. The van der Waals surface area contributed by atoms with E-state index in [2.05, 4.69) is 48.0 Å². The minimum Gasteiger partial charge on any atom is -0.490 e. The summed E-state index contributed by atoms with van der Waals surface area (Å²) in [5.74, 6) is 1.08. The first-order chi connectivity index (χ1) is 7.67. The van der Waals surface area contributed by atoms with Crippen LogP contribution in [-0.2, 0) is 6.42 Å². The SMILES string of the molecule is CCC(C)(CBr)CC1Cc2ccccc2O1. The molecule has 0 spiro atoms. The fourth-order valence-electron chi connectivity index (χ4n) is 2.21. The molecule has 1 heterocycles. The number of hydrogen-bond donors (Lipinski definition) is 0. The molecular formula is C14H19BrO. The van der Waals surface area contributed by atoms with Gasteiger partial charge in [-0.1, -0.05) is 48.0 Å². The molecule has 1 aromatic carbocycles. The molecule has 1 nitrogen and oxygen atoms in total. The third kappa shape index (κ3) is 2.42. The maximum Gasteiger partial charge on any atom is 0.123 e. The minimum absolute atomic E-state index is 0.354. The second-order valence-electron chi connectivity index (χ2n) is 5.05. The van der Waals surface area contributed by atoms with Crippen molar-refractivity contribution in [3.05, 3.63) is 29.8 Å². The molecule has 1 aromatic rings. The lowest BCUT2D eigenvalue weighted by atomic mass is 9.83. The molecule has 88 valence electrons. The number of halogens is 1. The third-order valence-corrected chi connectivity index (χ3v) is 4.96. The highest BCUT2D eigenvalue weighted by Crippen LogP contribution is 2.36. The van der Waals surface area contributed by atoms with Crippen molar-refractivity contribution < 1.29 is 4.74 Å². The Hall–Kier alpha value is -0.500. The summed E-state index contributed by atoms with van der Waals surface area (Å²) in [5, 5.41) is 1.05. The van der Waals surface area contributed by atoms with Gasteiger partial charge in [0, 0.05) is 11.8 Å². The van der Waals surface area contributed by atoms with Crippen LogP contribution in [0, 0.1) is 5.41 Å². The number of benzene rings is 1. The molecule has 0 amide bonds. The van der Waals surface area contributed by atoms with Crippen molar-refractivity contribution in [1.82, 2.24) is 0 Å². The molecule has 0 saturated heterocycles. The van der Waals surface area contributed by atoms with Crippen molar-refractivity contribution in [2.24, 2.45) is 5.41 Å². The van der Waals surface area contributed by atoms with Crippen LogP contribution in [0.2, 0.25) is 0 Å². The van der Waals surface area contributed by atoms with E-state index >= 15 is 0 Å². The van der Waals surface area contributed by atoms with E-state index in [1.807, 2.05) is 6.07 Å². The maximum atomic E-state index is 5.99. The Morgan fingerprint density at radius 1 is 1.44 bits per heavy atom. The third-order valence-electron chi connectivity index (χ3n) is 3.61. The van der Waals surface area contributed by atoms with Crippen LogP contribution < -0.4 is 4.74 Å². The molecule has 0 N–H and O–H groups in total. The molecule has 2 atom stereocenters. The summed E-state index contributed by atoms with van der Waals surface area (Å²) in [6.07, 6.45) is 3.75. The van der Waals surface area contributed by atoms with Gasteiger partial charge in [-0.05, 0) is 29.9 Å². The first-order valence-corrected chi connectivity index (χ1v) is 7.09. The molecule has 0 bridgehead atoms. The molecule has 1 aliphatic heterocycles. The fraction of sp³-hybridized carbons (Fsp3) is 0.571. The molecule has 2 unspecified atom stereocenters. The van der Waals surface area contributed by atoms with Gasteiger partial charge in [-0.15, -0.1) is 0 Å². The zero-order chi connectivity index (χ0) is 11.6. The van der Waals surface area contributed by atoms with Crippen LogP contribution in [-0.4, -0.2) is 11.4 Å². The Balaban J connectivity index is 2.02. The van der Waals surface area contributed by atoms with E-state index in [4.69, 9.17) is 4.74 Å². The summed E-state index contributed by atoms with van der Waals surface area (Å²) in [6, 6.07) is 8.39. The quantitative estimate of drug-likeness (QED) is 0.753. The number of para-hydroxylation sites is 1. The summed E-state index contributed by atoms with van der Waals surface area (Å²) < 4.78 is 5.99. The summed E-state index contributed by atoms with van der Waals surface area (Å²) >= 11 is 3.62. The molecule has 0 fully saturated rings. The summed E-state index contributed by atoms with van der Waals surface area (Å²) in [4.78, 5) is 0. The topological polar surface area (TPSA) is 9.23 Å². The average Bonchev–Trinajstić information content (AvgIpc) is 2.70. The summed E-state index contributed by atoms with van der Waals surface area (Å²) in [5.41, 5.74) is 1.72. The van der Waals surface area contributed by atoms with Gasteiger partial charge in [-0.25, -0.2) is 0 Å². The van der Waals surface area contributed by atoms with Gasteiger partial charge >= 0.3 is 0 Å². The number of ether oxygens (including phenoxy) is 1. The van der Waals surface area contributed by atoms with Gasteiger partial charge in [-0.3, -0.25) is 0 Å². The van der Waals surface area contributed by atoms with Gasteiger partial charge in [0.25, 0.3) is 0 Å². The number of alkyl halides is 1. The van der Waals surface area contributed by atoms with E-state index in [1.165, 1.54) is 12.0 Å². The first-order valence-electron chi connectivity index (χ1n) is 5.97. The van der Waals surface area contributed by atoms with Crippen molar-refractivity contribution in [2.75, 3.05) is 5.33 Å². The molecule has 2 rings (SSSR count). The van der Waals surface area contributed by atoms with Gasteiger partial charge in [-0.2, -0.15) is 0 Å².